The number of ether oxygens (including phenoxy) is 1. The molecule has 0 radical (unpaired) electrons. The van der Waals surface area contributed by atoms with Gasteiger partial charge in [0.25, 0.3) is 0 Å². The molecule has 1 saturated heterocycles. The van der Waals surface area contributed by atoms with E-state index in [4.69, 9.17) is 10.00 Å². The van der Waals surface area contributed by atoms with Crippen LogP contribution in [0, 0.1) is 11.3 Å². The molecule has 0 aromatic carbocycles. The van der Waals surface area contributed by atoms with E-state index in [1.54, 1.807) is 0 Å². The van der Waals surface area contributed by atoms with Gasteiger partial charge in [-0.1, -0.05) is 0 Å². The molecule has 0 amide bonds. The van der Waals surface area contributed by atoms with E-state index in [0.717, 1.165) is 19.4 Å². The van der Waals surface area contributed by atoms with E-state index in [1.165, 1.54) is 0 Å². The third-order valence-electron chi connectivity index (χ3n) is 1.07. The Kier molecular flexibility index (Phi) is 1.28. The molecule has 0 aromatic heterocycles. The molecule has 1 fully saturated rings. The van der Waals surface area contributed by atoms with Crippen molar-refractivity contribution in [2.24, 2.45) is 0 Å². The molecule has 1 heterocycles. The Labute approximate surface area is 42.7 Å². The number of hydrogen-bond donors (Lipinski definition) is 0. The lowest BCUT2D eigenvalue weighted by Gasteiger charge is -1.91. The number of nitrogens with zero attached hydrogens (tertiary/aromatic N) is 1. The van der Waals surface area contributed by atoms with Crippen molar-refractivity contribution in [2.75, 3.05) is 6.61 Å². The first-order chi connectivity index (χ1) is 3.43. The van der Waals surface area contributed by atoms with Crippen molar-refractivity contribution in [3.05, 3.63) is 0 Å². The Hall–Kier alpha value is -0.550. The predicted molar refractivity (Wildman–Crippen MR) is 24.6 cm³/mol. The first-order valence-electron chi connectivity index (χ1n) is 2.44. The average Bonchev–Trinajstić information content (AvgIpc) is 2.14. The third kappa shape index (κ3) is 0.908. The van der Waals surface area contributed by atoms with Crippen LogP contribution in [0.1, 0.15) is 12.8 Å². The van der Waals surface area contributed by atoms with Gasteiger partial charge in [0.1, 0.15) is 6.10 Å². The lowest BCUT2D eigenvalue weighted by molar-refractivity contribution is 0.150. The van der Waals surface area contributed by atoms with Gasteiger partial charge >= 0.3 is 0 Å². The fraction of sp³-hybridized carbons (Fsp3) is 0.800. The Balaban J connectivity index is 2.31. The van der Waals surface area contributed by atoms with E-state index in [-0.39, 0.29) is 6.10 Å². The summed E-state index contributed by atoms with van der Waals surface area (Å²) in [5.74, 6) is 0. The van der Waals surface area contributed by atoms with Gasteiger partial charge < -0.3 is 4.74 Å². The normalized spacial score (nSPS) is 29.9. The van der Waals surface area contributed by atoms with Gasteiger partial charge in [0.05, 0.1) is 6.07 Å². The number of nitriles is 1. The smallest absolute Gasteiger partial charge is 0.144 e. The highest BCUT2D eigenvalue weighted by atomic mass is 16.5. The first kappa shape index (κ1) is 4.61. The maximum atomic E-state index is 8.19. The van der Waals surface area contributed by atoms with Gasteiger partial charge in [0, 0.05) is 6.61 Å². The molecule has 0 aliphatic carbocycles. The van der Waals surface area contributed by atoms with Crippen LogP contribution in [0.25, 0.3) is 0 Å². The molecule has 0 saturated carbocycles. The molecule has 7 heavy (non-hydrogen) atoms. The van der Waals surface area contributed by atoms with Gasteiger partial charge in [-0.25, -0.2) is 0 Å². The fourth-order valence-electron chi connectivity index (χ4n) is 0.679. The van der Waals surface area contributed by atoms with Gasteiger partial charge in [-0.05, 0) is 12.8 Å². The largest absolute Gasteiger partial charge is 0.363 e. The van der Waals surface area contributed by atoms with Crippen LogP contribution >= 0.6 is 0 Å². The van der Waals surface area contributed by atoms with E-state index in [1.807, 2.05) is 6.07 Å². The molecule has 0 aromatic rings. The SMILES string of the molecule is N#C[C@@H]1CCCO1. The van der Waals surface area contributed by atoms with E-state index in [9.17, 15) is 0 Å². The average molecular weight is 97.1 g/mol. The summed E-state index contributed by atoms with van der Waals surface area (Å²) >= 11 is 0. The number of rotatable bonds is 0. The Morgan fingerprint density at radius 3 is 2.86 bits per heavy atom. The molecule has 0 N–H and O–H groups in total. The van der Waals surface area contributed by atoms with Crippen LogP contribution < -0.4 is 0 Å². The number of hydrogen-bond acceptors (Lipinski definition) is 2. The quantitative estimate of drug-likeness (QED) is 0.445. The Bertz CT molecular complexity index is 88.7. The first-order valence-corrected chi connectivity index (χ1v) is 2.44. The summed E-state index contributed by atoms with van der Waals surface area (Å²) in [7, 11) is 0. The lowest BCUT2D eigenvalue weighted by Crippen LogP contribution is -1.98. The second-order valence-corrected chi connectivity index (χ2v) is 1.63. The molecule has 1 aliphatic rings. The highest BCUT2D eigenvalue weighted by molar-refractivity contribution is 4.86. The molecule has 1 atom stereocenters. The van der Waals surface area contributed by atoms with E-state index >= 15 is 0 Å². The zero-order valence-corrected chi connectivity index (χ0v) is 4.05. The van der Waals surface area contributed by atoms with Gasteiger partial charge in [0.2, 0.25) is 0 Å². The summed E-state index contributed by atoms with van der Waals surface area (Å²) < 4.78 is 4.94. The second kappa shape index (κ2) is 1.94. The molecule has 2 nitrogen and oxygen atoms in total. The van der Waals surface area contributed by atoms with Crippen molar-refractivity contribution in [3.63, 3.8) is 0 Å². The molecule has 1 aliphatic heterocycles. The maximum absolute atomic E-state index is 8.19. The van der Waals surface area contributed by atoms with Crippen molar-refractivity contribution < 1.29 is 4.74 Å². The van der Waals surface area contributed by atoms with Crippen molar-refractivity contribution >= 4 is 0 Å². The van der Waals surface area contributed by atoms with E-state index in [0.29, 0.717) is 0 Å². The molecule has 38 valence electrons. The van der Waals surface area contributed by atoms with Gasteiger partial charge in [-0.15, -0.1) is 0 Å². The topological polar surface area (TPSA) is 33.0 Å². The molecular weight excluding hydrogens is 90.1 g/mol. The highest BCUT2D eigenvalue weighted by Gasteiger charge is 2.12. The zero-order chi connectivity index (χ0) is 5.11. The van der Waals surface area contributed by atoms with Crippen molar-refractivity contribution in [1.29, 1.82) is 5.26 Å². The van der Waals surface area contributed by atoms with Crippen molar-refractivity contribution in [1.82, 2.24) is 0 Å². The maximum Gasteiger partial charge on any atom is 0.144 e. The Morgan fingerprint density at radius 2 is 2.57 bits per heavy atom. The second-order valence-electron chi connectivity index (χ2n) is 1.63. The van der Waals surface area contributed by atoms with Crippen molar-refractivity contribution in [2.45, 2.75) is 18.9 Å². The highest BCUT2D eigenvalue weighted by Crippen LogP contribution is 2.09. The van der Waals surface area contributed by atoms with Crippen LogP contribution in [0.15, 0.2) is 0 Å². The summed E-state index contributed by atoms with van der Waals surface area (Å²) in [5, 5.41) is 8.19. The zero-order valence-electron chi connectivity index (χ0n) is 4.05. The molecule has 1 rings (SSSR count). The predicted octanol–water partition coefficient (Wildman–Crippen LogP) is 0.689. The van der Waals surface area contributed by atoms with Gasteiger partial charge in [-0.3, -0.25) is 0 Å². The van der Waals surface area contributed by atoms with Crippen molar-refractivity contribution in [3.8, 4) is 6.07 Å². The minimum absolute atomic E-state index is 0.0972. The van der Waals surface area contributed by atoms with Crippen LogP contribution in [0.3, 0.4) is 0 Å². The van der Waals surface area contributed by atoms with Gasteiger partial charge in [-0.2, -0.15) is 5.26 Å². The summed E-state index contributed by atoms with van der Waals surface area (Å²) in [6.07, 6.45) is 1.88. The molecule has 0 spiro atoms. The van der Waals surface area contributed by atoms with Crippen LogP contribution in [0.5, 0.6) is 0 Å². The van der Waals surface area contributed by atoms with Crippen LogP contribution in [0.4, 0.5) is 0 Å². The third-order valence-corrected chi connectivity index (χ3v) is 1.07. The minimum atomic E-state index is -0.0972. The van der Waals surface area contributed by atoms with Crippen LogP contribution in [-0.2, 0) is 4.74 Å². The lowest BCUT2D eigenvalue weighted by atomic mass is 10.3. The molecule has 0 bridgehead atoms. The van der Waals surface area contributed by atoms with Crippen LogP contribution in [-0.4, -0.2) is 12.7 Å². The summed E-state index contributed by atoms with van der Waals surface area (Å²) in [5.41, 5.74) is 0. The fourth-order valence-corrected chi connectivity index (χ4v) is 0.679. The minimum Gasteiger partial charge on any atom is -0.363 e. The van der Waals surface area contributed by atoms with E-state index in [2.05, 4.69) is 0 Å². The summed E-state index contributed by atoms with van der Waals surface area (Å²) in [6, 6.07) is 2.04. The monoisotopic (exact) mass is 97.1 g/mol. The van der Waals surface area contributed by atoms with Crippen LogP contribution in [0.2, 0.25) is 0 Å². The molecule has 0 unspecified atom stereocenters. The summed E-state index contributed by atoms with van der Waals surface area (Å²) in [4.78, 5) is 0. The molecule has 2 heteroatoms. The standard InChI is InChI=1S/C5H7NO/c6-4-5-2-1-3-7-5/h5H,1-3H2/t5-/m0/s1. The van der Waals surface area contributed by atoms with E-state index < -0.39 is 0 Å². The Morgan fingerprint density at radius 1 is 1.71 bits per heavy atom. The molecular formula is C5H7NO. The summed E-state index contributed by atoms with van der Waals surface area (Å²) in [6.45, 7) is 0.776. The van der Waals surface area contributed by atoms with Gasteiger partial charge in [0.15, 0.2) is 0 Å².